The minimum atomic E-state index is 0.493. The van der Waals surface area contributed by atoms with Gasteiger partial charge in [0.05, 0.1) is 5.02 Å². The molecule has 0 heterocycles. The third-order valence-electron chi connectivity index (χ3n) is 6.30. The number of nitrogens with one attached hydrogen (secondary N) is 1. The van der Waals surface area contributed by atoms with Gasteiger partial charge in [-0.25, -0.2) is 0 Å². The monoisotopic (exact) mass is 461 g/mol. The Morgan fingerprint density at radius 1 is 0.909 bits per heavy atom. The summed E-state index contributed by atoms with van der Waals surface area (Å²) in [7, 11) is 0. The normalized spacial score (nSPS) is 11.3. The van der Waals surface area contributed by atoms with E-state index in [2.05, 4.69) is 94.6 Å². The standard InChI is InChI=1S/C30H36ClNO/c1-6-24-19-29(31)30(18-21(24)3)33-20-26-14-11-16-28(23(26)5)27-15-10-13-25(22(27)4)12-8-9-17-32-7-2/h8,10-16,18-19,32H,6-7,9,17,20H2,1-5H3/b12-8+. The molecule has 2 nitrogen and oxygen atoms in total. The summed E-state index contributed by atoms with van der Waals surface area (Å²) < 4.78 is 6.17. The van der Waals surface area contributed by atoms with Crippen LogP contribution in [0.3, 0.4) is 0 Å². The van der Waals surface area contributed by atoms with Crippen LogP contribution in [-0.2, 0) is 13.0 Å². The lowest BCUT2D eigenvalue weighted by atomic mass is 9.91. The molecule has 0 aliphatic heterocycles. The molecule has 0 aliphatic carbocycles. The Balaban J connectivity index is 1.82. The summed E-state index contributed by atoms with van der Waals surface area (Å²) >= 11 is 6.49. The zero-order valence-corrected chi connectivity index (χ0v) is 21.4. The average Bonchev–Trinajstić information content (AvgIpc) is 2.81. The topological polar surface area (TPSA) is 21.3 Å². The Labute approximate surface area is 204 Å². The molecule has 0 fully saturated rings. The van der Waals surface area contributed by atoms with E-state index in [4.69, 9.17) is 16.3 Å². The minimum Gasteiger partial charge on any atom is -0.487 e. The fourth-order valence-corrected chi connectivity index (χ4v) is 4.41. The van der Waals surface area contributed by atoms with Crippen LogP contribution in [0, 0.1) is 20.8 Å². The van der Waals surface area contributed by atoms with Gasteiger partial charge in [-0.2, -0.15) is 0 Å². The summed E-state index contributed by atoms with van der Waals surface area (Å²) in [5.41, 5.74) is 9.98. The average molecular weight is 462 g/mol. The van der Waals surface area contributed by atoms with Gasteiger partial charge in [-0.1, -0.05) is 74.0 Å². The van der Waals surface area contributed by atoms with Gasteiger partial charge in [-0.15, -0.1) is 0 Å². The van der Waals surface area contributed by atoms with E-state index in [1.54, 1.807) is 0 Å². The van der Waals surface area contributed by atoms with Gasteiger partial charge in [0.15, 0.2) is 0 Å². The van der Waals surface area contributed by atoms with Crippen molar-refractivity contribution < 1.29 is 4.74 Å². The summed E-state index contributed by atoms with van der Waals surface area (Å²) in [5.74, 6) is 0.747. The van der Waals surface area contributed by atoms with Crippen molar-refractivity contribution in [1.29, 1.82) is 0 Å². The predicted octanol–water partition coefficient (Wildman–Crippen LogP) is 8.09. The molecule has 0 saturated heterocycles. The van der Waals surface area contributed by atoms with Crippen LogP contribution in [0.1, 0.15) is 53.6 Å². The number of hydrogen-bond acceptors (Lipinski definition) is 2. The van der Waals surface area contributed by atoms with E-state index in [1.165, 1.54) is 44.5 Å². The summed E-state index contributed by atoms with van der Waals surface area (Å²) in [5, 5.41) is 4.04. The van der Waals surface area contributed by atoms with Crippen LogP contribution in [0.2, 0.25) is 5.02 Å². The molecule has 0 aliphatic rings. The van der Waals surface area contributed by atoms with E-state index >= 15 is 0 Å². The van der Waals surface area contributed by atoms with Crippen LogP contribution >= 0.6 is 11.6 Å². The van der Waals surface area contributed by atoms with Crippen molar-refractivity contribution in [1.82, 2.24) is 5.32 Å². The molecule has 33 heavy (non-hydrogen) atoms. The lowest BCUT2D eigenvalue weighted by Gasteiger charge is -2.16. The fraction of sp³-hybridized carbons (Fsp3) is 0.333. The van der Waals surface area contributed by atoms with Crippen LogP contribution in [-0.4, -0.2) is 13.1 Å². The molecule has 0 radical (unpaired) electrons. The van der Waals surface area contributed by atoms with Crippen LogP contribution in [0.15, 0.2) is 54.6 Å². The third-order valence-corrected chi connectivity index (χ3v) is 6.60. The molecule has 3 rings (SSSR count). The van der Waals surface area contributed by atoms with Crippen LogP contribution in [0.25, 0.3) is 17.2 Å². The SMILES string of the molecule is CCNCC/C=C/c1cccc(-c2cccc(COc3cc(C)c(CC)cc3Cl)c2C)c1C. The lowest BCUT2D eigenvalue weighted by Crippen LogP contribution is -2.12. The van der Waals surface area contributed by atoms with Crippen molar-refractivity contribution in [2.75, 3.05) is 13.1 Å². The second-order valence-electron chi connectivity index (χ2n) is 8.51. The summed E-state index contributed by atoms with van der Waals surface area (Å²) in [4.78, 5) is 0. The second-order valence-corrected chi connectivity index (χ2v) is 8.91. The third kappa shape index (κ3) is 6.28. The zero-order valence-electron chi connectivity index (χ0n) is 20.6. The molecule has 3 aromatic rings. The Morgan fingerprint density at radius 3 is 2.36 bits per heavy atom. The Bertz CT molecular complexity index is 1120. The summed E-state index contributed by atoms with van der Waals surface area (Å²) in [6, 6.07) is 17.1. The molecule has 0 bridgehead atoms. The first-order valence-corrected chi connectivity index (χ1v) is 12.3. The molecule has 0 spiro atoms. The quantitative estimate of drug-likeness (QED) is 0.308. The van der Waals surface area contributed by atoms with Crippen LogP contribution in [0.5, 0.6) is 5.75 Å². The van der Waals surface area contributed by atoms with Crippen molar-refractivity contribution in [3.05, 3.63) is 93.0 Å². The number of benzene rings is 3. The van der Waals surface area contributed by atoms with Gasteiger partial charge in [0.2, 0.25) is 0 Å². The van der Waals surface area contributed by atoms with Gasteiger partial charge in [0.1, 0.15) is 12.4 Å². The van der Waals surface area contributed by atoms with E-state index in [0.717, 1.165) is 31.7 Å². The molecule has 3 heteroatoms. The number of aryl methyl sites for hydroxylation is 2. The van der Waals surface area contributed by atoms with Crippen molar-refractivity contribution in [2.24, 2.45) is 0 Å². The maximum atomic E-state index is 6.49. The molecule has 0 saturated carbocycles. The van der Waals surface area contributed by atoms with Gasteiger partial charge in [0, 0.05) is 0 Å². The van der Waals surface area contributed by atoms with Gasteiger partial charge in [-0.3, -0.25) is 0 Å². The molecule has 0 aromatic heterocycles. The highest BCUT2D eigenvalue weighted by atomic mass is 35.5. The van der Waals surface area contributed by atoms with Gasteiger partial charge >= 0.3 is 0 Å². The lowest BCUT2D eigenvalue weighted by molar-refractivity contribution is 0.305. The van der Waals surface area contributed by atoms with Crippen molar-refractivity contribution >= 4 is 17.7 Å². The first-order valence-electron chi connectivity index (χ1n) is 11.9. The molecule has 0 unspecified atom stereocenters. The molecule has 174 valence electrons. The largest absolute Gasteiger partial charge is 0.487 e. The molecular formula is C30H36ClNO. The Hall–Kier alpha value is -2.55. The fourth-order valence-electron chi connectivity index (χ4n) is 4.17. The van der Waals surface area contributed by atoms with E-state index in [1.807, 2.05) is 6.07 Å². The van der Waals surface area contributed by atoms with Crippen molar-refractivity contribution in [3.63, 3.8) is 0 Å². The van der Waals surface area contributed by atoms with Gasteiger partial charge in [-0.05, 0) is 103 Å². The first kappa shape index (κ1) is 25.1. The highest BCUT2D eigenvalue weighted by molar-refractivity contribution is 6.32. The second kappa shape index (κ2) is 12.1. The molecular weight excluding hydrogens is 426 g/mol. The zero-order chi connectivity index (χ0) is 23.8. The van der Waals surface area contributed by atoms with Gasteiger partial charge < -0.3 is 10.1 Å². The van der Waals surface area contributed by atoms with E-state index < -0.39 is 0 Å². The van der Waals surface area contributed by atoms with Crippen LogP contribution < -0.4 is 10.1 Å². The summed E-state index contributed by atoms with van der Waals surface area (Å²) in [6.45, 7) is 13.3. The van der Waals surface area contributed by atoms with Crippen LogP contribution in [0.4, 0.5) is 0 Å². The molecule has 0 atom stereocenters. The molecule has 3 aromatic carbocycles. The predicted molar refractivity (Wildman–Crippen MR) is 143 cm³/mol. The number of halogens is 1. The van der Waals surface area contributed by atoms with Crippen molar-refractivity contribution in [2.45, 2.75) is 54.1 Å². The number of rotatable bonds is 10. The smallest absolute Gasteiger partial charge is 0.138 e. The first-order chi connectivity index (χ1) is 16.0. The highest BCUT2D eigenvalue weighted by Crippen LogP contribution is 2.33. The molecule has 1 N–H and O–H groups in total. The Kier molecular flexibility index (Phi) is 9.17. The number of hydrogen-bond donors (Lipinski definition) is 1. The highest BCUT2D eigenvalue weighted by Gasteiger charge is 2.12. The van der Waals surface area contributed by atoms with Crippen molar-refractivity contribution in [3.8, 4) is 16.9 Å². The summed E-state index contributed by atoms with van der Waals surface area (Å²) in [6.07, 6.45) is 6.49. The number of ether oxygens (including phenoxy) is 1. The van der Waals surface area contributed by atoms with Gasteiger partial charge in [0.25, 0.3) is 0 Å². The van der Waals surface area contributed by atoms with E-state index in [-0.39, 0.29) is 0 Å². The van der Waals surface area contributed by atoms with E-state index in [9.17, 15) is 0 Å². The maximum Gasteiger partial charge on any atom is 0.138 e. The van der Waals surface area contributed by atoms with E-state index in [0.29, 0.717) is 11.6 Å². The minimum absolute atomic E-state index is 0.493. The maximum absolute atomic E-state index is 6.49. The molecule has 0 amide bonds. The Morgan fingerprint density at radius 2 is 1.64 bits per heavy atom.